The molecule has 0 spiro atoms. The Morgan fingerprint density at radius 2 is 1.43 bits per heavy atom. The molecular formula is C27H26Cl4N2O7. The molecule has 0 aliphatic carbocycles. The number of halogens is 4. The Morgan fingerprint density at radius 3 is 1.93 bits per heavy atom. The Kier molecular flexibility index (Phi) is 10.8. The average molecular weight is 632 g/mol. The third kappa shape index (κ3) is 6.89. The van der Waals surface area contributed by atoms with E-state index >= 15 is 0 Å². The third-order valence-corrected chi connectivity index (χ3v) is 7.65. The van der Waals surface area contributed by atoms with E-state index in [4.69, 9.17) is 55.9 Å². The van der Waals surface area contributed by atoms with Crippen LogP contribution >= 0.6 is 46.4 Å². The van der Waals surface area contributed by atoms with Crippen LogP contribution in [0.3, 0.4) is 0 Å². The van der Waals surface area contributed by atoms with Gasteiger partial charge < -0.3 is 14.8 Å². The maximum Gasteiger partial charge on any atom is 0.338 e. The number of anilines is 1. The zero-order chi connectivity index (χ0) is 29.7. The maximum absolute atomic E-state index is 13.2. The van der Waals surface area contributed by atoms with Crippen molar-refractivity contribution >= 4 is 81.8 Å². The normalized spacial score (nSPS) is 13.3. The topological polar surface area (TPSA) is 119 Å². The van der Waals surface area contributed by atoms with Crippen LogP contribution in [0.15, 0.2) is 24.3 Å². The molecule has 1 heterocycles. The minimum Gasteiger partial charge on any atom is -0.462 e. The van der Waals surface area contributed by atoms with Gasteiger partial charge in [0, 0.05) is 5.69 Å². The second kappa shape index (κ2) is 13.7. The number of rotatable bonds is 11. The van der Waals surface area contributed by atoms with Gasteiger partial charge in [-0.1, -0.05) is 80.0 Å². The lowest BCUT2D eigenvalue weighted by atomic mass is 10.1. The van der Waals surface area contributed by atoms with Gasteiger partial charge in [-0.2, -0.15) is 0 Å². The van der Waals surface area contributed by atoms with E-state index in [-0.39, 0.29) is 50.2 Å². The molecule has 1 atom stereocenters. The van der Waals surface area contributed by atoms with Crippen molar-refractivity contribution in [2.45, 2.75) is 46.1 Å². The summed E-state index contributed by atoms with van der Waals surface area (Å²) in [6, 6.07) is 4.63. The number of benzene rings is 2. The lowest BCUT2D eigenvalue weighted by molar-refractivity contribution is -0.151. The van der Waals surface area contributed by atoms with E-state index in [1.165, 1.54) is 24.3 Å². The van der Waals surface area contributed by atoms with E-state index in [1.54, 1.807) is 0 Å². The molecule has 0 radical (unpaired) electrons. The highest BCUT2D eigenvalue weighted by Crippen LogP contribution is 2.45. The van der Waals surface area contributed by atoms with Gasteiger partial charge in [-0.15, -0.1) is 0 Å². The van der Waals surface area contributed by atoms with Gasteiger partial charge in [0.1, 0.15) is 6.04 Å². The molecule has 0 unspecified atom stereocenters. The van der Waals surface area contributed by atoms with Crippen LogP contribution in [0.2, 0.25) is 20.1 Å². The molecule has 3 amide bonds. The SMILES string of the molecule is CCCC[C@@H](C(=O)OCC(=O)Nc1ccc(C(=O)OCC(C)C)cc1)N1C(=O)c2c(Cl)c(Cl)c(Cl)c(Cl)c2C1=O. The molecule has 3 rings (SSSR count). The number of carbonyl (C=O) groups is 5. The summed E-state index contributed by atoms with van der Waals surface area (Å²) in [4.78, 5) is 64.7. The molecule has 40 heavy (non-hydrogen) atoms. The predicted octanol–water partition coefficient (Wildman–Crippen LogP) is 6.45. The molecule has 2 aromatic carbocycles. The van der Waals surface area contributed by atoms with Crippen LogP contribution in [0.4, 0.5) is 5.69 Å². The second-order valence-corrected chi connectivity index (χ2v) is 10.9. The van der Waals surface area contributed by atoms with Gasteiger partial charge in [-0.05, 0) is 36.6 Å². The fraction of sp³-hybridized carbons (Fsp3) is 0.370. The van der Waals surface area contributed by atoms with Crippen LogP contribution in [0.1, 0.15) is 71.1 Å². The molecule has 1 N–H and O–H groups in total. The number of esters is 2. The molecule has 1 aliphatic rings. The lowest BCUT2D eigenvalue weighted by Gasteiger charge is -2.24. The molecular weight excluding hydrogens is 606 g/mol. The summed E-state index contributed by atoms with van der Waals surface area (Å²) in [6.07, 6.45) is 1.19. The Balaban J connectivity index is 1.69. The van der Waals surface area contributed by atoms with E-state index < -0.39 is 42.3 Å². The number of fused-ring (bicyclic) bond motifs is 1. The van der Waals surface area contributed by atoms with Crippen LogP contribution in [0, 0.1) is 5.92 Å². The standard InChI is InChI=1S/C27H26Cl4N2O7/c1-4-5-6-16(33-24(35)18-19(25(33)36)21(29)23(31)22(30)20(18)28)27(38)40-12-17(34)32-15-9-7-14(8-10-15)26(37)39-11-13(2)3/h7-10,13,16H,4-6,11-12H2,1-3H3,(H,32,34)/t16-/m0/s1. The number of nitrogens with one attached hydrogen (secondary N) is 1. The molecule has 0 saturated carbocycles. The number of nitrogens with zero attached hydrogens (tertiary/aromatic N) is 1. The van der Waals surface area contributed by atoms with Gasteiger partial charge in [0.2, 0.25) is 0 Å². The van der Waals surface area contributed by atoms with Gasteiger partial charge in [0.25, 0.3) is 17.7 Å². The summed E-state index contributed by atoms with van der Waals surface area (Å²) >= 11 is 24.5. The Labute approximate surface area is 251 Å². The zero-order valence-electron chi connectivity index (χ0n) is 21.8. The molecule has 1 aliphatic heterocycles. The minimum atomic E-state index is -1.35. The van der Waals surface area contributed by atoms with Crippen molar-refractivity contribution in [1.82, 2.24) is 4.90 Å². The van der Waals surface area contributed by atoms with Gasteiger partial charge in [0.15, 0.2) is 6.61 Å². The average Bonchev–Trinajstić information content (AvgIpc) is 3.18. The van der Waals surface area contributed by atoms with Crippen molar-refractivity contribution in [2.24, 2.45) is 5.92 Å². The van der Waals surface area contributed by atoms with Crippen molar-refractivity contribution < 1.29 is 33.4 Å². The van der Waals surface area contributed by atoms with Crippen LogP contribution in [-0.2, 0) is 19.1 Å². The predicted molar refractivity (Wildman–Crippen MR) is 151 cm³/mol. The van der Waals surface area contributed by atoms with Crippen molar-refractivity contribution in [3.63, 3.8) is 0 Å². The molecule has 2 aromatic rings. The zero-order valence-corrected chi connectivity index (χ0v) is 24.8. The molecule has 214 valence electrons. The van der Waals surface area contributed by atoms with Crippen LogP contribution in [0.25, 0.3) is 0 Å². The van der Waals surface area contributed by atoms with Crippen LogP contribution in [0.5, 0.6) is 0 Å². The molecule has 0 fully saturated rings. The fourth-order valence-electron chi connectivity index (χ4n) is 3.84. The third-order valence-electron chi connectivity index (χ3n) is 5.84. The van der Waals surface area contributed by atoms with E-state index in [0.29, 0.717) is 29.0 Å². The minimum absolute atomic E-state index is 0.0769. The Bertz CT molecular complexity index is 1300. The number of ether oxygens (including phenoxy) is 2. The summed E-state index contributed by atoms with van der Waals surface area (Å²) in [5.74, 6) is -3.69. The first-order valence-electron chi connectivity index (χ1n) is 12.4. The van der Waals surface area contributed by atoms with Gasteiger partial charge >= 0.3 is 11.9 Å². The fourth-order valence-corrected chi connectivity index (χ4v) is 4.86. The maximum atomic E-state index is 13.2. The summed E-state index contributed by atoms with van der Waals surface area (Å²) in [5.41, 5.74) is 0.152. The van der Waals surface area contributed by atoms with Crippen LogP contribution < -0.4 is 5.32 Å². The first-order chi connectivity index (χ1) is 18.9. The number of unbranched alkanes of at least 4 members (excludes halogenated alkanes) is 1. The number of carbonyl (C=O) groups excluding carboxylic acids is 5. The first-order valence-corrected chi connectivity index (χ1v) is 13.9. The summed E-state index contributed by atoms with van der Waals surface area (Å²) < 4.78 is 10.3. The van der Waals surface area contributed by atoms with E-state index in [9.17, 15) is 24.0 Å². The smallest absolute Gasteiger partial charge is 0.338 e. The highest BCUT2D eigenvalue weighted by Gasteiger charge is 2.47. The van der Waals surface area contributed by atoms with Crippen molar-refractivity contribution in [3.05, 3.63) is 61.0 Å². The first kappa shape index (κ1) is 31.7. The quantitative estimate of drug-likeness (QED) is 0.131. The summed E-state index contributed by atoms with van der Waals surface area (Å²) in [5, 5.41) is 1.64. The van der Waals surface area contributed by atoms with E-state index in [0.717, 1.165) is 0 Å². The molecule has 13 heteroatoms. The molecule has 0 aromatic heterocycles. The monoisotopic (exact) mass is 630 g/mol. The van der Waals surface area contributed by atoms with Crippen molar-refractivity contribution in [3.8, 4) is 0 Å². The number of amides is 3. The largest absolute Gasteiger partial charge is 0.462 e. The van der Waals surface area contributed by atoms with Crippen molar-refractivity contribution in [1.29, 1.82) is 0 Å². The molecule has 0 bridgehead atoms. The van der Waals surface area contributed by atoms with E-state index in [2.05, 4.69) is 5.32 Å². The summed E-state index contributed by atoms with van der Waals surface area (Å²) in [6.45, 7) is 5.29. The number of hydrogen-bond donors (Lipinski definition) is 1. The molecule has 0 saturated heterocycles. The summed E-state index contributed by atoms with van der Waals surface area (Å²) in [7, 11) is 0. The van der Waals surface area contributed by atoms with Gasteiger partial charge in [-0.25, -0.2) is 9.59 Å². The highest BCUT2D eigenvalue weighted by atomic mass is 35.5. The number of hydrogen-bond acceptors (Lipinski definition) is 7. The van der Waals surface area contributed by atoms with Gasteiger partial charge in [-0.3, -0.25) is 19.3 Å². The Morgan fingerprint density at radius 1 is 0.875 bits per heavy atom. The lowest BCUT2D eigenvalue weighted by Crippen LogP contribution is -2.46. The highest BCUT2D eigenvalue weighted by molar-refractivity contribution is 6.55. The van der Waals surface area contributed by atoms with Gasteiger partial charge in [0.05, 0.1) is 43.4 Å². The second-order valence-electron chi connectivity index (χ2n) is 9.37. The molecule has 9 nitrogen and oxygen atoms in total. The number of imide groups is 1. The van der Waals surface area contributed by atoms with E-state index in [1.807, 2.05) is 20.8 Å². The van der Waals surface area contributed by atoms with Crippen molar-refractivity contribution in [2.75, 3.05) is 18.5 Å². The Hall–Kier alpha value is -2.85. The van der Waals surface area contributed by atoms with Crippen LogP contribution in [-0.4, -0.2) is 53.8 Å².